The number of nitrogen functional groups attached to an aromatic ring is 1. The van der Waals surface area contributed by atoms with E-state index >= 15 is 8.78 Å². The van der Waals surface area contributed by atoms with Gasteiger partial charge in [0.2, 0.25) is 11.6 Å². The first kappa shape index (κ1) is 33.7. The molecule has 0 saturated heterocycles. The molecule has 6 rings (SSSR count). The van der Waals surface area contributed by atoms with Crippen LogP contribution >= 0.6 is 0 Å². The molecule has 258 valence electrons. The molecule has 5 aromatic rings. The van der Waals surface area contributed by atoms with Gasteiger partial charge in [0.05, 0.1) is 13.2 Å². The summed E-state index contributed by atoms with van der Waals surface area (Å²) in [6, 6.07) is 16.8. The molecule has 1 unspecified atom stereocenters. The Kier molecular flexibility index (Phi) is 9.52. The van der Waals surface area contributed by atoms with E-state index in [4.69, 9.17) is 25.4 Å². The number of likely N-dealkylation sites (N-methyl/N-ethyl adjacent to an activating group) is 2. The van der Waals surface area contributed by atoms with E-state index in [1.165, 1.54) is 25.2 Å². The fourth-order valence-electron chi connectivity index (χ4n) is 5.74. The maximum Gasteiger partial charge on any atom is 0.329 e. The van der Waals surface area contributed by atoms with E-state index in [-0.39, 0.29) is 35.9 Å². The highest BCUT2D eigenvalue weighted by molar-refractivity contribution is 6.00. The van der Waals surface area contributed by atoms with E-state index < -0.39 is 46.8 Å². The number of nitrogens with two attached hydrogens (primary N) is 1. The first-order chi connectivity index (χ1) is 24.0. The van der Waals surface area contributed by atoms with E-state index in [1.807, 2.05) is 42.3 Å². The number of aliphatic imine (C=N–C) groups is 1. The molecule has 5 N–H and O–H groups in total. The number of rotatable bonds is 12. The highest BCUT2D eigenvalue weighted by atomic mass is 19.1. The Balaban J connectivity index is 1.46. The van der Waals surface area contributed by atoms with Crippen molar-refractivity contribution in [1.29, 1.82) is 5.41 Å². The molecule has 0 amide bonds. The van der Waals surface area contributed by atoms with Gasteiger partial charge in [-0.1, -0.05) is 30.3 Å². The number of aromatic hydroxyl groups is 1. The van der Waals surface area contributed by atoms with Crippen molar-refractivity contribution in [3.63, 3.8) is 0 Å². The minimum absolute atomic E-state index is 0.0199. The quantitative estimate of drug-likeness (QED) is 0.0732. The van der Waals surface area contributed by atoms with Gasteiger partial charge >= 0.3 is 5.97 Å². The second-order valence-corrected chi connectivity index (χ2v) is 11.6. The number of amidine groups is 2. The predicted molar refractivity (Wildman–Crippen MR) is 185 cm³/mol. The van der Waals surface area contributed by atoms with Gasteiger partial charge in [-0.25, -0.2) is 4.79 Å². The molecule has 1 atom stereocenters. The van der Waals surface area contributed by atoms with Crippen LogP contribution in [-0.2, 0) is 16.0 Å². The molecule has 0 saturated carbocycles. The fraction of sp³-hybridized carbons (Fsp3) is 0.222. The van der Waals surface area contributed by atoms with Crippen LogP contribution in [0.15, 0.2) is 77.9 Å². The van der Waals surface area contributed by atoms with E-state index in [1.54, 1.807) is 31.3 Å². The maximum absolute atomic E-state index is 16.6. The summed E-state index contributed by atoms with van der Waals surface area (Å²) in [4.78, 5) is 28.3. The number of ether oxygens (including phenoxy) is 3. The summed E-state index contributed by atoms with van der Waals surface area (Å²) >= 11 is 0. The monoisotopic (exact) mass is 683 g/mol. The Hall–Kier alpha value is -6.18. The number of halogens is 2. The molecule has 2 aromatic heterocycles. The number of aromatic nitrogens is 2. The summed E-state index contributed by atoms with van der Waals surface area (Å²) in [6.45, 7) is 3.03. The van der Waals surface area contributed by atoms with Gasteiger partial charge in [0.15, 0.2) is 11.5 Å². The molecule has 3 heterocycles. The summed E-state index contributed by atoms with van der Waals surface area (Å²) in [5.41, 5.74) is 7.35. The molecule has 0 aliphatic carbocycles. The molecule has 3 aromatic carbocycles. The zero-order chi connectivity index (χ0) is 35.5. The number of phenolic OH excluding ortho intramolecular Hbond substituents is 1. The number of hydrogen-bond donors (Lipinski definition) is 4. The third-order valence-corrected chi connectivity index (χ3v) is 8.30. The number of nitrogens with one attached hydrogen (secondary N) is 2. The number of para-hydroxylation sites is 1. The minimum atomic E-state index is -1.28. The molecule has 1 aliphatic rings. The lowest BCUT2D eigenvalue weighted by Gasteiger charge is -2.29. The number of hydrogen-bond acceptors (Lipinski definition) is 10. The molecule has 0 bridgehead atoms. The highest BCUT2D eigenvalue weighted by Crippen LogP contribution is 2.41. The van der Waals surface area contributed by atoms with Crippen LogP contribution in [-0.4, -0.2) is 77.4 Å². The average molecular weight is 684 g/mol. The fourth-order valence-corrected chi connectivity index (χ4v) is 5.74. The lowest BCUT2D eigenvalue weighted by Crippen LogP contribution is -2.42. The Labute approximate surface area is 286 Å². The summed E-state index contributed by atoms with van der Waals surface area (Å²) in [6.07, 6.45) is 1.75. The van der Waals surface area contributed by atoms with Gasteiger partial charge in [0, 0.05) is 55.3 Å². The second kappa shape index (κ2) is 14.1. The number of anilines is 1. The third kappa shape index (κ3) is 6.72. The molecular weight excluding hydrogens is 648 g/mol. The van der Waals surface area contributed by atoms with Gasteiger partial charge in [-0.05, 0) is 48.9 Å². The molecule has 0 radical (unpaired) electrons. The number of carbonyl (C=O) groups excluding carboxylic acids is 1. The molecule has 14 heteroatoms. The van der Waals surface area contributed by atoms with Gasteiger partial charge in [-0.3, -0.25) is 10.4 Å². The third-order valence-electron chi connectivity index (χ3n) is 8.30. The number of esters is 1. The smallest absolute Gasteiger partial charge is 0.329 e. The SMILES string of the molecule is CCOC(=O)C(Cc1c[nH]c2ccccc12)N(C)c1c(F)c(Oc2cccc(C3=NCCN3C)c2)nc(Oc2cc(C(=N)N)ccc2O)c1F. The lowest BCUT2D eigenvalue weighted by molar-refractivity contribution is -0.144. The number of pyridine rings is 1. The van der Waals surface area contributed by atoms with E-state index in [2.05, 4.69) is 15.0 Å². The van der Waals surface area contributed by atoms with E-state index in [0.717, 1.165) is 33.7 Å². The molecule has 0 fully saturated rings. The molecule has 12 nitrogen and oxygen atoms in total. The normalized spacial score (nSPS) is 13.2. The van der Waals surface area contributed by atoms with E-state index in [0.29, 0.717) is 12.1 Å². The number of aromatic amines is 1. The summed E-state index contributed by atoms with van der Waals surface area (Å²) in [5.74, 6) is -4.82. The standard InChI is InChI=1S/C36H35F2N7O5/c1-4-48-36(47)26(17-22-19-42-25-11-6-5-10-24(22)25)45(3)31-29(37)34(49-23-9-7-8-21(16-23)33-41-14-15-44(33)2)43-35(30(31)38)50-28-18-20(32(39)40)12-13-27(28)46/h5-13,16,18-19,26,42,46H,4,14-15,17H2,1-3H3,(H3,39,40). The highest BCUT2D eigenvalue weighted by Gasteiger charge is 2.34. The zero-order valence-corrected chi connectivity index (χ0v) is 27.5. The predicted octanol–water partition coefficient (Wildman–Crippen LogP) is 5.72. The number of fused-ring (bicyclic) bond motifs is 1. The number of phenols is 1. The topological polar surface area (TPSA) is 162 Å². The molecule has 0 spiro atoms. The van der Waals surface area contributed by atoms with Gasteiger partial charge in [-0.15, -0.1) is 0 Å². The lowest BCUT2D eigenvalue weighted by atomic mass is 10.0. The van der Waals surface area contributed by atoms with E-state index in [9.17, 15) is 9.90 Å². The van der Waals surface area contributed by atoms with Crippen molar-refractivity contribution in [2.75, 3.05) is 38.7 Å². The van der Waals surface area contributed by atoms with Crippen molar-refractivity contribution in [3.05, 3.63) is 101 Å². The summed E-state index contributed by atoms with van der Waals surface area (Å²) in [7, 11) is 3.26. The van der Waals surface area contributed by atoms with Crippen LogP contribution in [0.25, 0.3) is 10.9 Å². The van der Waals surface area contributed by atoms with Gasteiger partial charge in [0.25, 0.3) is 11.8 Å². The maximum atomic E-state index is 16.6. The van der Waals surface area contributed by atoms with Crippen LogP contribution < -0.4 is 20.1 Å². The molecule has 50 heavy (non-hydrogen) atoms. The van der Waals surface area contributed by atoms with Crippen LogP contribution in [0.1, 0.15) is 23.6 Å². The van der Waals surface area contributed by atoms with Crippen LogP contribution in [0.5, 0.6) is 29.0 Å². The first-order valence-electron chi connectivity index (χ1n) is 15.8. The summed E-state index contributed by atoms with van der Waals surface area (Å²) < 4.78 is 50.2. The Morgan fingerprint density at radius 2 is 1.86 bits per heavy atom. The van der Waals surface area contributed by atoms with Crippen LogP contribution in [0, 0.1) is 17.0 Å². The number of nitrogens with zero attached hydrogens (tertiary/aromatic N) is 4. The average Bonchev–Trinajstić information content (AvgIpc) is 3.72. The van der Waals surface area contributed by atoms with Crippen LogP contribution in [0.3, 0.4) is 0 Å². The van der Waals surface area contributed by atoms with Crippen molar-refractivity contribution in [2.45, 2.75) is 19.4 Å². The largest absolute Gasteiger partial charge is 0.504 e. The zero-order valence-electron chi connectivity index (χ0n) is 27.5. The molecule has 1 aliphatic heterocycles. The van der Waals surface area contributed by atoms with Crippen molar-refractivity contribution in [1.82, 2.24) is 14.9 Å². The van der Waals surface area contributed by atoms with Crippen molar-refractivity contribution in [3.8, 4) is 29.0 Å². The Morgan fingerprint density at radius 1 is 1.10 bits per heavy atom. The van der Waals surface area contributed by atoms with Gasteiger partial charge in [-0.2, -0.15) is 13.8 Å². The van der Waals surface area contributed by atoms with Gasteiger partial charge < -0.3 is 39.8 Å². The number of benzene rings is 3. The summed E-state index contributed by atoms with van der Waals surface area (Å²) in [5, 5.41) is 19.1. The number of H-pyrrole nitrogens is 1. The first-order valence-corrected chi connectivity index (χ1v) is 15.8. The Morgan fingerprint density at radius 3 is 2.58 bits per heavy atom. The van der Waals surface area contributed by atoms with Gasteiger partial charge in [0.1, 0.15) is 29.1 Å². The molecular formula is C36H35F2N7O5. The van der Waals surface area contributed by atoms with Crippen molar-refractivity contribution < 1.29 is 32.9 Å². The van der Waals surface area contributed by atoms with Crippen molar-refractivity contribution in [2.24, 2.45) is 10.7 Å². The number of carbonyl (C=O) groups is 1. The van der Waals surface area contributed by atoms with Crippen LogP contribution in [0.4, 0.5) is 14.5 Å². The Bertz CT molecular complexity index is 2120. The minimum Gasteiger partial charge on any atom is -0.504 e. The van der Waals surface area contributed by atoms with Crippen molar-refractivity contribution >= 4 is 34.2 Å². The second-order valence-electron chi connectivity index (χ2n) is 11.6. The van der Waals surface area contributed by atoms with Crippen LogP contribution in [0.2, 0.25) is 0 Å².